The lowest BCUT2D eigenvalue weighted by molar-refractivity contribution is -0.487. The van der Waals surface area contributed by atoms with E-state index in [0.717, 1.165) is 23.6 Å². The third-order valence-corrected chi connectivity index (χ3v) is 3.67. The van der Waals surface area contributed by atoms with Crippen LogP contribution in [-0.2, 0) is 10.1 Å². The van der Waals surface area contributed by atoms with E-state index in [1.807, 2.05) is 24.3 Å². The summed E-state index contributed by atoms with van der Waals surface area (Å²) in [6.45, 7) is 1.13. The third-order valence-electron chi connectivity index (χ3n) is 2.85. The van der Waals surface area contributed by atoms with Crippen molar-refractivity contribution in [1.82, 2.24) is 0 Å². The van der Waals surface area contributed by atoms with Crippen molar-refractivity contribution in [1.29, 1.82) is 0 Å². The summed E-state index contributed by atoms with van der Waals surface area (Å²) in [6, 6.07) is 7.64. The van der Waals surface area contributed by atoms with Gasteiger partial charge in [-0.25, -0.2) is 13.0 Å². The van der Waals surface area contributed by atoms with E-state index < -0.39 is 15.6 Å². The average molecular weight is 368 g/mol. The Balaban J connectivity index is 0.000000284. The van der Waals surface area contributed by atoms with Crippen LogP contribution < -0.4 is 0 Å². The van der Waals surface area contributed by atoms with Crippen LogP contribution >= 0.6 is 11.6 Å². The lowest BCUT2D eigenvalue weighted by Crippen LogP contribution is -2.21. The molecule has 2 rings (SSSR count). The summed E-state index contributed by atoms with van der Waals surface area (Å²) >= 11 is 5.80. The quantitative estimate of drug-likeness (QED) is 0.306. The molecule has 4 nitrogen and oxygen atoms in total. The Morgan fingerprint density at radius 3 is 2.13 bits per heavy atom. The Labute approximate surface area is 137 Å². The monoisotopic (exact) mass is 367 g/mol. The zero-order chi connectivity index (χ0) is 17.7. The van der Waals surface area contributed by atoms with Gasteiger partial charge in [-0.2, -0.15) is 13.2 Å². The summed E-state index contributed by atoms with van der Waals surface area (Å²) in [6.07, 6.45) is 2.33. The van der Waals surface area contributed by atoms with Crippen LogP contribution in [0.15, 0.2) is 24.3 Å². The van der Waals surface area contributed by atoms with Gasteiger partial charge in [-0.3, -0.25) is 0 Å². The molecule has 0 bridgehead atoms. The van der Waals surface area contributed by atoms with Crippen LogP contribution in [0.4, 0.5) is 13.2 Å². The van der Waals surface area contributed by atoms with Crippen LogP contribution in [0.1, 0.15) is 18.4 Å². The highest BCUT2D eigenvalue weighted by atomic mass is 35.5. The van der Waals surface area contributed by atoms with Crippen LogP contribution in [0, 0.1) is 11.8 Å². The normalized spacial score (nSPS) is 14.7. The lowest BCUT2D eigenvalue weighted by atomic mass is 10.2. The van der Waals surface area contributed by atoms with Gasteiger partial charge in [-0.15, -0.1) is 0 Å². The highest BCUT2D eigenvalue weighted by Crippen LogP contribution is 2.20. The minimum Gasteiger partial charge on any atom is -0.741 e. The Morgan fingerprint density at radius 1 is 1.22 bits per heavy atom. The topological polar surface area (TPSA) is 60.2 Å². The number of nitrogens with zero attached hydrogens (tertiary/aromatic N) is 1. The second-order valence-electron chi connectivity index (χ2n) is 4.63. The Bertz CT molecular complexity index is 744. The summed E-state index contributed by atoms with van der Waals surface area (Å²) in [5.41, 5.74) is -3.38. The number of halogens is 4. The molecule has 9 heteroatoms. The molecule has 1 aliphatic heterocycles. The van der Waals surface area contributed by atoms with Gasteiger partial charge in [-0.05, 0) is 24.3 Å². The molecule has 0 fully saturated rings. The number of benzene rings is 1. The summed E-state index contributed by atoms with van der Waals surface area (Å²) in [4.78, 5) is 0. The third kappa shape index (κ3) is 6.60. The fraction of sp³-hybridized carbons (Fsp3) is 0.357. The van der Waals surface area contributed by atoms with Gasteiger partial charge in [0.05, 0.1) is 0 Å². The number of rotatable bonds is 0. The van der Waals surface area contributed by atoms with Crippen molar-refractivity contribution in [2.24, 2.45) is 0 Å². The van der Waals surface area contributed by atoms with E-state index in [2.05, 4.69) is 23.5 Å². The van der Waals surface area contributed by atoms with E-state index in [1.165, 1.54) is 12.1 Å². The SMILES string of the molecule is C[N+]1=C(C#Cc2ccc(Cl)cc2)CCC1.O=S(=O)([O-])C(F)(F)F. The molecular weight excluding hydrogens is 355 g/mol. The Hall–Kier alpha value is -1.56. The predicted molar refractivity (Wildman–Crippen MR) is 79.4 cm³/mol. The second-order valence-corrected chi connectivity index (χ2v) is 6.44. The van der Waals surface area contributed by atoms with Crippen LogP contribution in [-0.4, -0.2) is 42.4 Å². The number of alkyl halides is 3. The molecule has 0 amide bonds. The molecule has 0 unspecified atom stereocenters. The molecule has 0 spiro atoms. The summed E-state index contributed by atoms with van der Waals surface area (Å²) in [5, 5.41) is 0.756. The van der Waals surface area contributed by atoms with Crippen LogP contribution in [0.2, 0.25) is 5.02 Å². The molecule has 0 saturated carbocycles. The van der Waals surface area contributed by atoms with Crippen molar-refractivity contribution in [3.8, 4) is 11.8 Å². The second kappa shape index (κ2) is 7.81. The van der Waals surface area contributed by atoms with Gasteiger partial charge in [-0.1, -0.05) is 17.5 Å². The fourth-order valence-corrected chi connectivity index (χ4v) is 1.77. The average Bonchev–Trinajstić information content (AvgIpc) is 2.82. The Morgan fingerprint density at radius 2 is 1.74 bits per heavy atom. The van der Waals surface area contributed by atoms with Crippen molar-refractivity contribution in [2.45, 2.75) is 18.3 Å². The first-order valence-corrected chi connectivity index (χ1v) is 8.16. The largest absolute Gasteiger partial charge is 0.741 e. The highest BCUT2D eigenvalue weighted by molar-refractivity contribution is 7.86. The van der Waals surface area contributed by atoms with E-state index in [1.54, 1.807) is 0 Å². The van der Waals surface area contributed by atoms with Gasteiger partial charge in [0.25, 0.3) is 0 Å². The zero-order valence-electron chi connectivity index (χ0n) is 12.0. The van der Waals surface area contributed by atoms with Gasteiger partial charge in [0, 0.05) is 29.3 Å². The molecule has 0 N–H and O–H groups in total. The summed E-state index contributed by atoms with van der Waals surface area (Å²) in [5.74, 6) is 6.37. The van der Waals surface area contributed by atoms with Crippen LogP contribution in [0.5, 0.6) is 0 Å². The lowest BCUT2D eigenvalue weighted by Gasteiger charge is -2.08. The molecule has 0 aromatic heterocycles. The fourth-order valence-electron chi connectivity index (χ4n) is 1.64. The first-order valence-electron chi connectivity index (χ1n) is 6.37. The van der Waals surface area contributed by atoms with Gasteiger partial charge in [0.1, 0.15) is 13.6 Å². The Kier molecular flexibility index (Phi) is 6.62. The van der Waals surface area contributed by atoms with Gasteiger partial charge < -0.3 is 4.55 Å². The first kappa shape index (κ1) is 19.5. The smallest absolute Gasteiger partial charge is 0.485 e. The minimum atomic E-state index is -6.09. The number of hydrogen-bond acceptors (Lipinski definition) is 3. The van der Waals surface area contributed by atoms with Crippen molar-refractivity contribution in [3.63, 3.8) is 0 Å². The van der Waals surface area contributed by atoms with E-state index in [4.69, 9.17) is 24.6 Å². The molecule has 0 atom stereocenters. The molecule has 23 heavy (non-hydrogen) atoms. The van der Waals surface area contributed by atoms with E-state index >= 15 is 0 Å². The molecule has 1 heterocycles. The highest BCUT2D eigenvalue weighted by Gasteiger charge is 2.36. The molecule has 0 aliphatic carbocycles. The molecule has 0 saturated heterocycles. The first-order chi connectivity index (χ1) is 10.5. The van der Waals surface area contributed by atoms with Gasteiger partial charge in [0.2, 0.25) is 5.71 Å². The van der Waals surface area contributed by atoms with Gasteiger partial charge in [0.15, 0.2) is 10.1 Å². The number of hydrogen-bond donors (Lipinski definition) is 0. The maximum Gasteiger partial charge on any atom is 0.485 e. The van der Waals surface area contributed by atoms with E-state index in [0.29, 0.717) is 0 Å². The van der Waals surface area contributed by atoms with Crippen molar-refractivity contribution < 1.29 is 30.7 Å². The van der Waals surface area contributed by atoms with Crippen LogP contribution in [0.25, 0.3) is 0 Å². The van der Waals surface area contributed by atoms with Crippen molar-refractivity contribution in [3.05, 3.63) is 34.9 Å². The molecule has 0 radical (unpaired) electrons. The van der Waals surface area contributed by atoms with Gasteiger partial charge >= 0.3 is 5.51 Å². The molecule has 1 aromatic rings. The molecular formula is C14H13ClF3NO3S. The predicted octanol–water partition coefficient (Wildman–Crippen LogP) is 2.62. The van der Waals surface area contributed by atoms with Crippen molar-refractivity contribution in [2.75, 3.05) is 13.6 Å². The van der Waals surface area contributed by atoms with Crippen LogP contribution in [0.3, 0.4) is 0 Å². The zero-order valence-corrected chi connectivity index (χ0v) is 13.6. The standard InChI is InChI=1S/C13H13ClN.CHF3O3S/c1-15-10-2-3-13(15)9-6-11-4-7-12(14)8-5-11;2-1(3,4)8(5,6)7/h4-5,7-8H,2-3,10H2,1H3;(H,5,6,7)/q+1;/p-1. The summed E-state index contributed by atoms with van der Waals surface area (Å²) < 4.78 is 61.1. The van der Waals surface area contributed by atoms with E-state index in [-0.39, 0.29) is 0 Å². The van der Waals surface area contributed by atoms with E-state index in [9.17, 15) is 13.2 Å². The minimum absolute atomic E-state index is 0.756. The van der Waals surface area contributed by atoms with Crippen molar-refractivity contribution >= 4 is 27.4 Å². The molecule has 1 aromatic carbocycles. The molecule has 1 aliphatic rings. The maximum absolute atomic E-state index is 10.7. The maximum atomic E-state index is 10.7. The summed E-state index contributed by atoms with van der Waals surface area (Å²) in [7, 11) is -3.99. The molecule has 126 valence electrons.